The smallest absolute Gasteiger partial charge is 0.309 e. The van der Waals surface area contributed by atoms with Crippen molar-refractivity contribution in [2.75, 3.05) is 0 Å². The number of carbonyl (C=O) groups is 1. The van der Waals surface area contributed by atoms with Crippen LogP contribution in [-0.2, 0) is 16.1 Å². The first-order valence-corrected chi connectivity index (χ1v) is 10.6. The Hall–Kier alpha value is -1.99. The third kappa shape index (κ3) is 3.46. The fourth-order valence-corrected chi connectivity index (χ4v) is 5.34. The van der Waals surface area contributed by atoms with Crippen LogP contribution < -0.4 is 5.56 Å². The number of esters is 1. The number of fused-ring (bicyclic) bond motifs is 1. The first kappa shape index (κ1) is 17.4. The maximum atomic E-state index is 12.6. The number of nitrogens with one attached hydrogen (secondary N) is 1. The van der Waals surface area contributed by atoms with Gasteiger partial charge in [0.25, 0.3) is 5.56 Å². The number of hydrogen-bond donors (Lipinski definition) is 1. The molecule has 1 N–H and O–H groups in total. The van der Waals surface area contributed by atoms with Crippen LogP contribution in [0.3, 0.4) is 0 Å². The van der Waals surface area contributed by atoms with E-state index in [1.54, 1.807) is 11.3 Å². The van der Waals surface area contributed by atoms with Crippen LogP contribution in [-0.4, -0.2) is 15.9 Å². The lowest BCUT2D eigenvalue weighted by atomic mass is 9.89. The van der Waals surface area contributed by atoms with Crippen LogP contribution in [0.5, 0.6) is 0 Å². The third-order valence-electron chi connectivity index (χ3n) is 4.79. The maximum Gasteiger partial charge on any atom is 0.309 e. The fraction of sp³-hybridized carbons (Fsp3) is 0.421. The summed E-state index contributed by atoms with van der Waals surface area (Å²) in [6.07, 6.45) is 5.16. The maximum absolute atomic E-state index is 12.6. The minimum atomic E-state index is -0.180. The lowest BCUT2D eigenvalue weighted by Crippen LogP contribution is -2.21. The molecule has 0 atom stereocenters. The van der Waals surface area contributed by atoms with Crippen molar-refractivity contribution in [2.24, 2.45) is 5.92 Å². The summed E-state index contributed by atoms with van der Waals surface area (Å²) in [7, 11) is 0. The minimum absolute atomic E-state index is 0.00499. The van der Waals surface area contributed by atoms with Gasteiger partial charge in [-0.25, -0.2) is 4.98 Å². The number of hydrogen-bond acceptors (Lipinski definition) is 6. The molecule has 0 radical (unpaired) electrons. The summed E-state index contributed by atoms with van der Waals surface area (Å²) in [5.74, 6) is 0.227. The third-order valence-corrected chi connectivity index (χ3v) is 6.69. The van der Waals surface area contributed by atoms with Crippen molar-refractivity contribution in [3.05, 3.63) is 38.6 Å². The standard InChI is InChI=1S/C19H20N2O3S2/c1-11-7-8-14(26-11)13-10-25-18-16(13)17(22)20-15(21-18)9-24-19(23)12-5-3-2-4-6-12/h7-8,10,12H,2-6,9H2,1H3,(H,20,21,22). The zero-order chi connectivity index (χ0) is 18.1. The predicted octanol–water partition coefficient (Wildman–Crippen LogP) is 4.65. The molecule has 4 rings (SSSR count). The number of aryl methyl sites for hydroxylation is 1. The number of carbonyl (C=O) groups excluding carboxylic acids is 1. The normalized spacial score (nSPS) is 15.4. The zero-order valence-electron chi connectivity index (χ0n) is 14.5. The molecule has 0 saturated heterocycles. The number of rotatable bonds is 4. The molecule has 7 heteroatoms. The van der Waals surface area contributed by atoms with E-state index in [1.807, 2.05) is 24.4 Å². The molecule has 0 spiro atoms. The predicted molar refractivity (Wildman–Crippen MR) is 105 cm³/mol. The molecule has 0 aromatic carbocycles. The molecule has 26 heavy (non-hydrogen) atoms. The number of nitrogens with zero attached hydrogens (tertiary/aromatic N) is 1. The number of H-pyrrole nitrogens is 1. The lowest BCUT2D eigenvalue weighted by Gasteiger charge is -2.19. The molecule has 1 saturated carbocycles. The SMILES string of the molecule is Cc1ccc(-c2csc3nc(COC(=O)C4CCCCC4)[nH]c(=O)c23)s1. The molecule has 0 unspecified atom stereocenters. The molecule has 1 aliphatic rings. The van der Waals surface area contributed by atoms with Gasteiger partial charge in [-0.1, -0.05) is 19.3 Å². The highest BCUT2D eigenvalue weighted by molar-refractivity contribution is 7.19. The van der Waals surface area contributed by atoms with Gasteiger partial charge in [0.15, 0.2) is 0 Å². The highest BCUT2D eigenvalue weighted by atomic mass is 32.1. The van der Waals surface area contributed by atoms with E-state index in [2.05, 4.69) is 9.97 Å². The van der Waals surface area contributed by atoms with Gasteiger partial charge in [-0.15, -0.1) is 22.7 Å². The van der Waals surface area contributed by atoms with Gasteiger partial charge < -0.3 is 9.72 Å². The summed E-state index contributed by atoms with van der Waals surface area (Å²) in [4.78, 5) is 35.0. The molecule has 3 aromatic rings. The first-order chi connectivity index (χ1) is 12.6. The minimum Gasteiger partial charge on any atom is -0.457 e. The molecule has 3 aromatic heterocycles. The molecular formula is C19H20N2O3S2. The summed E-state index contributed by atoms with van der Waals surface area (Å²) < 4.78 is 5.40. The Kier molecular flexibility index (Phi) is 4.91. The van der Waals surface area contributed by atoms with Crippen LogP contribution in [0, 0.1) is 12.8 Å². The van der Waals surface area contributed by atoms with Crippen molar-refractivity contribution < 1.29 is 9.53 Å². The second-order valence-electron chi connectivity index (χ2n) is 6.70. The number of aromatic nitrogens is 2. The Morgan fingerprint density at radius 3 is 2.85 bits per heavy atom. The van der Waals surface area contributed by atoms with Crippen molar-refractivity contribution >= 4 is 38.9 Å². The van der Waals surface area contributed by atoms with Gasteiger partial charge in [0.05, 0.1) is 11.3 Å². The van der Waals surface area contributed by atoms with Crippen molar-refractivity contribution in [3.63, 3.8) is 0 Å². The van der Waals surface area contributed by atoms with Crippen LogP contribution in [0.15, 0.2) is 22.3 Å². The van der Waals surface area contributed by atoms with Crippen LogP contribution in [0.1, 0.15) is 42.8 Å². The number of aromatic amines is 1. The largest absolute Gasteiger partial charge is 0.457 e. The van der Waals surface area contributed by atoms with Gasteiger partial charge in [-0.3, -0.25) is 9.59 Å². The molecular weight excluding hydrogens is 368 g/mol. The van der Waals surface area contributed by atoms with E-state index in [0.717, 1.165) is 36.1 Å². The second kappa shape index (κ2) is 7.32. The summed E-state index contributed by atoms with van der Waals surface area (Å²) in [5.41, 5.74) is 0.739. The molecule has 1 fully saturated rings. The van der Waals surface area contributed by atoms with Crippen LogP contribution >= 0.6 is 22.7 Å². The van der Waals surface area contributed by atoms with Gasteiger partial charge in [0, 0.05) is 20.7 Å². The van der Waals surface area contributed by atoms with Crippen LogP contribution in [0.25, 0.3) is 20.7 Å². The summed E-state index contributed by atoms with van der Waals surface area (Å²) in [6, 6.07) is 4.07. The molecule has 3 heterocycles. The van der Waals surface area contributed by atoms with Crippen molar-refractivity contribution in [1.29, 1.82) is 0 Å². The highest BCUT2D eigenvalue weighted by Crippen LogP contribution is 2.35. The average Bonchev–Trinajstić information content (AvgIpc) is 3.26. The zero-order valence-corrected chi connectivity index (χ0v) is 16.2. The Morgan fingerprint density at radius 2 is 2.12 bits per heavy atom. The summed E-state index contributed by atoms with van der Waals surface area (Å²) in [5, 5.41) is 2.58. The van der Waals surface area contributed by atoms with Crippen molar-refractivity contribution in [2.45, 2.75) is 45.6 Å². The van der Waals surface area contributed by atoms with Gasteiger partial charge in [0.1, 0.15) is 17.3 Å². The van der Waals surface area contributed by atoms with E-state index < -0.39 is 0 Å². The number of thiophene rings is 2. The second-order valence-corrected chi connectivity index (χ2v) is 8.84. The molecule has 0 aliphatic heterocycles. The van der Waals surface area contributed by atoms with Gasteiger partial charge in [0.2, 0.25) is 0 Å². The topological polar surface area (TPSA) is 72.0 Å². The van der Waals surface area contributed by atoms with Crippen molar-refractivity contribution in [3.8, 4) is 10.4 Å². The monoisotopic (exact) mass is 388 g/mol. The van der Waals surface area contributed by atoms with Gasteiger partial charge in [-0.2, -0.15) is 0 Å². The molecule has 0 amide bonds. The first-order valence-electron chi connectivity index (χ1n) is 8.85. The molecule has 136 valence electrons. The van der Waals surface area contributed by atoms with E-state index in [1.165, 1.54) is 22.6 Å². The van der Waals surface area contributed by atoms with Crippen LogP contribution in [0.2, 0.25) is 0 Å². The van der Waals surface area contributed by atoms with E-state index >= 15 is 0 Å². The van der Waals surface area contributed by atoms with E-state index in [4.69, 9.17) is 4.74 Å². The number of ether oxygens (including phenoxy) is 1. The average molecular weight is 389 g/mol. The van der Waals surface area contributed by atoms with E-state index in [9.17, 15) is 9.59 Å². The Labute approximate surface area is 159 Å². The molecule has 1 aliphatic carbocycles. The fourth-order valence-electron chi connectivity index (χ4n) is 3.42. The Balaban J connectivity index is 1.54. The lowest BCUT2D eigenvalue weighted by molar-refractivity contribution is -0.151. The van der Waals surface area contributed by atoms with Crippen LogP contribution in [0.4, 0.5) is 0 Å². The molecule has 5 nitrogen and oxygen atoms in total. The van der Waals surface area contributed by atoms with E-state index in [-0.39, 0.29) is 24.1 Å². The Morgan fingerprint density at radius 1 is 1.31 bits per heavy atom. The van der Waals surface area contributed by atoms with E-state index in [0.29, 0.717) is 16.0 Å². The Bertz CT molecular complexity index is 996. The van der Waals surface area contributed by atoms with Gasteiger partial charge in [-0.05, 0) is 31.9 Å². The van der Waals surface area contributed by atoms with Crippen molar-refractivity contribution in [1.82, 2.24) is 9.97 Å². The summed E-state index contributed by atoms with van der Waals surface area (Å²) >= 11 is 3.10. The highest BCUT2D eigenvalue weighted by Gasteiger charge is 2.23. The van der Waals surface area contributed by atoms with Gasteiger partial charge >= 0.3 is 5.97 Å². The quantitative estimate of drug-likeness (QED) is 0.661. The molecule has 0 bridgehead atoms. The summed E-state index contributed by atoms with van der Waals surface area (Å²) in [6.45, 7) is 2.07.